The van der Waals surface area contributed by atoms with Crippen molar-refractivity contribution in [2.24, 2.45) is 0 Å². The van der Waals surface area contributed by atoms with E-state index in [9.17, 15) is 4.79 Å². The van der Waals surface area contributed by atoms with Crippen LogP contribution in [0.4, 0.5) is 0 Å². The molecule has 18 heavy (non-hydrogen) atoms. The summed E-state index contributed by atoms with van der Waals surface area (Å²) in [4.78, 5) is 15.7. The number of amides is 1. The Morgan fingerprint density at radius 1 is 1.39 bits per heavy atom. The second-order valence-corrected chi connectivity index (χ2v) is 3.52. The van der Waals surface area contributed by atoms with Crippen LogP contribution in [0.3, 0.4) is 0 Å². The first-order valence-electron chi connectivity index (χ1n) is 5.16. The number of fused-ring (bicyclic) bond motifs is 1. The molecule has 0 spiro atoms. The van der Waals surface area contributed by atoms with E-state index in [4.69, 9.17) is 14.7 Å². The fourth-order valence-corrected chi connectivity index (χ4v) is 1.84. The van der Waals surface area contributed by atoms with Crippen LogP contribution in [0.25, 0.3) is 10.8 Å². The molecule has 0 aliphatic carbocycles. The number of aromatic nitrogens is 1. The van der Waals surface area contributed by atoms with E-state index in [0.717, 1.165) is 0 Å². The summed E-state index contributed by atoms with van der Waals surface area (Å²) in [6, 6.07) is 3.39. The van der Waals surface area contributed by atoms with Crippen LogP contribution in [0.1, 0.15) is 10.4 Å². The molecule has 1 amide bonds. The van der Waals surface area contributed by atoms with Crippen LogP contribution < -0.4 is 15.0 Å². The van der Waals surface area contributed by atoms with Crippen molar-refractivity contribution < 1.29 is 19.5 Å². The number of carbonyl (C=O) groups excluding carboxylic acids is 1. The molecule has 0 unspecified atom stereocenters. The third kappa shape index (κ3) is 1.82. The van der Waals surface area contributed by atoms with Crippen LogP contribution in [0.15, 0.2) is 24.5 Å². The Labute approximate surface area is 103 Å². The molecule has 2 N–H and O–H groups in total. The smallest absolute Gasteiger partial charge is 0.279 e. The third-order valence-corrected chi connectivity index (χ3v) is 2.61. The van der Waals surface area contributed by atoms with Crippen molar-refractivity contribution in [3.8, 4) is 11.5 Å². The number of carbonyl (C=O) groups is 1. The summed E-state index contributed by atoms with van der Waals surface area (Å²) in [6.45, 7) is 0. The summed E-state index contributed by atoms with van der Waals surface area (Å²) < 4.78 is 10.3. The van der Waals surface area contributed by atoms with Crippen LogP contribution in [0.2, 0.25) is 0 Å². The van der Waals surface area contributed by atoms with E-state index in [1.165, 1.54) is 14.2 Å². The summed E-state index contributed by atoms with van der Waals surface area (Å²) in [5, 5.41) is 10.2. The zero-order valence-corrected chi connectivity index (χ0v) is 9.93. The number of nitrogens with zero attached hydrogens (tertiary/aromatic N) is 1. The molecule has 94 valence electrons. The molecule has 0 bridgehead atoms. The molecular formula is C12H12N2O4. The number of hydrogen-bond acceptors (Lipinski definition) is 5. The van der Waals surface area contributed by atoms with Gasteiger partial charge in [0, 0.05) is 23.2 Å². The molecule has 0 atom stereocenters. The molecule has 0 aliphatic heterocycles. The maximum absolute atomic E-state index is 11.8. The summed E-state index contributed by atoms with van der Waals surface area (Å²) >= 11 is 0. The highest BCUT2D eigenvalue weighted by atomic mass is 16.5. The van der Waals surface area contributed by atoms with Gasteiger partial charge in [-0.2, -0.15) is 0 Å². The van der Waals surface area contributed by atoms with Crippen LogP contribution >= 0.6 is 0 Å². The summed E-state index contributed by atoms with van der Waals surface area (Å²) in [6.07, 6.45) is 3.16. The topological polar surface area (TPSA) is 80.7 Å². The summed E-state index contributed by atoms with van der Waals surface area (Å²) in [5.74, 6) is 0.00120. The van der Waals surface area contributed by atoms with Gasteiger partial charge in [-0.05, 0) is 12.1 Å². The largest absolute Gasteiger partial charge is 0.493 e. The zero-order chi connectivity index (χ0) is 13.1. The number of rotatable bonds is 3. The SMILES string of the molecule is COc1cc2cnccc2c(C(=O)NO)c1OC. The van der Waals surface area contributed by atoms with Crippen molar-refractivity contribution >= 4 is 16.7 Å². The van der Waals surface area contributed by atoms with E-state index >= 15 is 0 Å². The lowest BCUT2D eigenvalue weighted by atomic mass is 10.0. The second kappa shape index (κ2) is 4.89. The standard InChI is InChI=1S/C12H12N2O4/c1-17-9-5-7-6-13-4-3-8(7)10(11(9)18-2)12(15)14-16/h3-6,16H,1-2H3,(H,14,15). The first-order valence-corrected chi connectivity index (χ1v) is 5.16. The van der Waals surface area contributed by atoms with Crippen molar-refractivity contribution in [3.63, 3.8) is 0 Å². The summed E-state index contributed by atoms with van der Waals surface area (Å²) in [7, 11) is 2.90. The van der Waals surface area contributed by atoms with E-state index in [1.54, 1.807) is 30.0 Å². The van der Waals surface area contributed by atoms with Gasteiger partial charge in [0.2, 0.25) is 0 Å². The fourth-order valence-electron chi connectivity index (χ4n) is 1.84. The Morgan fingerprint density at radius 2 is 2.17 bits per heavy atom. The zero-order valence-electron chi connectivity index (χ0n) is 9.93. The first kappa shape index (κ1) is 12.1. The second-order valence-electron chi connectivity index (χ2n) is 3.52. The molecular weight excluding hydrogens is 236 g/mol. The third-order valence-electron chi connectivity index (χ3n) is 2.61. The van der Waals surface area contributed by atoms with Gasteiger partial charge in [-0.15, -0.1) is 0 Å². The molecule has 0 saturated heterocycles. The number of methoxy groups -OCH3 is 2. The lowest BCUT2D eigenvalue weighted by molar-refractivity contribution is 0.0704. The van der Waals surface area contributed by atoms with Gasteiger partial charge in [-0.25, -0.2) is 5.48 Å². The van der Waals surface area contributed by atoms with Gasteiger partial charge in [-0.3, -0.25) is 15.0 Å². The Bertz CT molecular complexity index is 598. The molecule has 6 nitrogen and oxygen atoms in total. The first-order chi connectivity index (χ1) is 8.72. The molecule has 0 fully saturated rings. The highest BCUT2D eigenvalue weighted by molar-refractivity contribution is 6.10. The number of pyridine rings is 1. The molecule has 2 aromatic rings. The van der Waals surface area contributed by atoms with Crippen LogP contribution in [-0.2, 0) is 0 Å². The Kier molecular flexibility index (Phi) is 3.29. The normalized spacial score (nSPS) is 10.2. The van der Waals surface area contributed by atoms with Crippen molar-refractivity contribution in [2.75, 3.05) is 14.2 Å². The minimum atomic E-state index is -0.665. The lowest BCUT2D eigenvalue weighted by Gasteiger charge is -2.14. The number of hydroxylamine groups is 1. The van der Waals surface area contributed by atoms with Gasteiger partial charge < -0.3 is 9.47 Å². The monoisotopic (exact) mass is 248 g/mol. The lowest BCUT2D eigenvalue weighted by Crippen LogP contribution is -2.20. The van der Waals surface area contributed by atoms with Crippen molar-refractivity contribution in [2.45, 2.75) is 0 Å². The van der Waals surface area contributed by atoms with E-state index in [-0.39, 0.29) is 11.3 Å². The predicted octanol–water partition coefficient (Wildman–Crippen LogP) is 1.37. The summed E-state index contributed by atoms with van der Waals surface area (Å²) in [5.41, 5.74) is 1.81. The van der Waals surface area contributed by atoms with E-state index in [0.29, 0.717) is 16.5 Å². The average molecular weight is 248 g/mol. The van der Waals surface area contributed by atoms with Crippen molar-refractivity contribution in [1.29, 1.82) is 0 Å². The average Bonchev–Trinajstić information content (AvgIpc) is 2.44. The van der Waals surface area contributed by atoms with Crippen molar-refractivity contribution in [1.82, 2.24) is 10.5 Å². The van der Waals surface area contributed by atoms with Gasteiger partial charge >= 0.3 is 0 Å². The Hall–Kier alpha value is -2.34. The minimum absolute atomic E-state index is 0.205. The van der Waals surface area contributed by atoms with Gasteiger partial charge in [-0.1, -0.05) is 0 Å². The molecule has 6 heteroatoms. The molecule has 0 saturated carbocycles. The number of hydrogen-bond donors (Lipinski definition) is 2. The van der Waals surface area contributed by atoms with Crippen LogP contribution in [-0.4, -0.2) is 30.3 Å². The van der Waals surface area contributed by atoms with Crippen molar-refractivity contribution in [3.05, 3.63) is 30.1 Å². The van der Waals surface area contributed by atoms with E-state index in [1.807, 2.05) is 0 Å². The van der Waals surface area contributed by atoms with Crippen LogP contribution in [0, 0.1) is 0 Å². The molecule has 1 heterocycles. The maximum Gasteiger partial charge on any atom is 0.279 e. The van der Waals surface area contributed by atoms with Gasteiger partial charge in [0.15, 0.2) is 11.5 Å². The molecule has 2 rings (SSSR count). The minimum Gasteiger partial charge on any atom is -0.493 e. The predicted molar refractivity (Wildman–Crippen MR) is 64.1 cm³/mol. The number of benzene rings is 1. The van der Waals surface area contributed by atoms with Gasteiger partial charge in [0.1, 0.15) is 0 Å². The number of ether oxygens (including phenoxy) is 2. The molecule has 1 aromatic heterocycles. The Morgan fingerprint density at radius 3 is 2.78 bits per heavy atom. The van der Waals surface area contributed by atoms with E-state index < -0.39 is 5.91 Å². The van der Waals surface area contributed by atoms with Gasteiger partial charge in [0.05, 0.1) is 19.8 Å². The van der Waals surface area contributed by atoms with Crippen LogP contribution in [0.5, 0.6) is 11.5 Å². The highest BCUT2D eigenvalue weighted by Crippen LogP contribution is 2.36. The number of nitrogens with one attached hydrogen (secondary N) is 1. The molecule has 0 radical (unpaired) electrons. The maximum atomic E-state index is 11.8. The quantitative estimate of drug-likeness (QED) is 0.633. The van der Waals surface area contributed by atoms with Gasteiger partial charge in [0.25, 0.3) is 5.91 Å². The fraction of sp³-hybridized carbons (Fsp3) is 0.167. The molecule has 0 aliphatic rings. The Balaban J connectivity index is 2.86. The molecule has 1 aromatic carbocycles. The highest BCUT2D eigenvalue weighted by Gasteiger charge is 2.20. The van der Waals surface area contributed by atoms with E-state index in [2.05, 4.69) is 4.98 Å².